The van der Waals surface area contributed by atoms with E-state index in [0.29, 0.717) is 48.6 Å². The summed E-state index contributed by atoms with van der Waals surface area (Å²) >= 11 is 0. The Morgan fingerprint density at radius 2 is 1.89 bits per heavy atom. The lowest BCUT2D eigenvalue weighted by Gasteiger charge is -2.31. The number of methoxy groups -OCH3 is 1. The molecule has 0 saturated carbocycles. The van der Waals surface area contributed by atoms with Gasteiger partial charge in [0.2, 0.25) is 5.91 Å². The number of β-lactam (4-membered cyclic amide) rings is 1. The SMILES string of the molecule is COc1ccc2c(c1)[C@](O)([C@@H](C)/C=C/CCn1cc(C(CO)c3ccccc3)nn1)C(=O)N2Cc1cccc(N2CCC2=O)c1. The van der Waals surface area contributed by atoms with Gasteiger partial charge in [-0.1, -0.05) is 66.8 Å². The van der Waals surface area contributed by atoms with E-state index in [1.54, 1.807) is 39.8 Å². The average molecular weight is 608 g/mol. The molecule has 45 heavy (non-hydrogen) atoms. The number of hydrogen-bond acceptors (Lipinski definition) is 7. The number of aryl methyl sites for hydroxylation is 1. The summed E-state index contributed by atoms with van der Waals surface area (Å²) in [4.78, 5) is 29.4. The summed E-state index contributed by atoms with van der Waals surface area (Å²) < 4.78 is 7.18. The maximum atomic E-state index is 14.0. The van der Waals surface area contributed by atoms with Crippen LogP contribution in [0.2, 0.25) is 0 Å². The van der Waals surface area contributed by atoms with Crippen LogP contribution in [-0.2, 0) is 28.3 Å². The Hall–Kier alpha value is -4.80. The highest BCUT2D eigenvalue weighted by molar-refractivity contribution is 6.07. The van der Waals surface area contributed by atoms with Gasteiger partial charge in [0.1, 0.15) is 5.75 Å². The van der Waals surface area contributed by atoms with Crippen molar-refractivity contribution < 1.29 is 24.5 Å². The van der Waals surface area contributed by atoms with E-state index in [2.05, 4.69) is 10.3 Å². The first-order valence-corrected chi connectivity index (χ1v) is 15.2. The fourth-order valence-corrected chi connectivity index (χ4v) is 6.09. The molecule has 2 amide bonds. The van der Waals surface area contributed by atoms with Gasteiger partial charge in [0.15, 0.2) is 5.60 Å². The molecule has 10 heteroatoms. The summed E-state index contributed by atoms with van der Waals surface area (Å²) in [7, 11) is 1.55. The molecule has 0 bridgehead atoms. The van der Waals surface area contributed by atoms with Gasteiger partial charge in [0.25, 0.3) is 5.91 Å². The van der Waals surface area contributed by atoms with E-state index in [9.17, 15) is 19.8 Å². The van der Waals surface area contributed by atoms with Crippen molar-refractivity contribution in [1.29, 1.82) is 0 Å². The highest BCUT2D eigenvalue weighted by Crippen LogP contribution is 2.47. The Morgan fingerprint density at radius 1 is 1.07 bits per heavy atom. The molecular formula is C35H37N5O5. The molecule has 3 aromatic carbocycles. The largest absolute Gasteiger partial charge is 0.497 e. The van der Waals surface area contributed by atoms with Gasteiger partial charge in [-0.2, -0.15) is 0 Å². The second-order valence-electron chi connectivity index (χ2n) is 11.6. The molecule has 0 aliphatic carbocycles. The predicted molar refractivity (Wildman–Crippen MR) is 170 cm³/mol. The number of anilines is 2. The number of rotatable bonds is 12. The summed E-state index contributed by atoms with van der Waals surface area (Å²) in [6.45, 7) is 3.24. The summed E-state index contributed by atoms with van der Waals surface area (Å²) in [6.07, 6.45) is 6.78. The van der Waals surface area contributed by atoms with Crippen LogP contribution in [0.5, 0.6) is 5.75 Å². The van der Waals surface area contributed by atoms with Crippen molar-refractivity contribution in [2.45, 2.75) is 44.4 Å². The van der Waals surface area contributed by atoms with Crippen LogP contribution in [0.1, 0.15) is 48.1 Å². The van der Waals surface area contributed by atoms with E-state index >= 15 is 0 Å². The highest BCUT2D eigenvalue weighted by atomic mass is 16.5. The molecule has 6 rings (SSSR count). The van der Waals surface area contributed by atoms with Gasteiger partial charge in [0, 0.05) is 42.9 Å². The normalized spacial score (nSPS) is 19.1. The summed E-state index contributed by atoms with van der Waals surface area (Å²) in [6, 6.07) is 22.6. The molecule has 3 atom stereocenters. The van der Waals surface area contributed by atoms with Gasteiger partial charge < -0.3 is 24.7 Å². The third-order valence-electron chi connectivity index (χ3n) is 8.80. The van der Waals surface area contributed by atoms with Crippen molar-refractivity contribution in [1.82, 2.24) is 15.0 Å². The zero-order valence-electron chi connectivity index (χ0n) is 25.4. The number of aliphatic hydroxyl groups is 2. The quantitative estimate of drug-likeness (QED) is 0.183. The third kappa shape index (κ3) is 5.74. The molecule has 3 heterocycles. The van der Waals surface area contributed by atoms with Crippen molar-refractivity contribution >= 4 is 23.2 Å². The van der Waals surface area contributed by atoms with Crippen LogP contribution in [0.15, 0.2) is 91.1 Å². The zero-order chi connectivity index (χ0) is 31.6. The number of nitrogens with zero attached hydrogens (tertiary/aromatic N) is 5. The topological polar surface area (TPSA) is 121 Å². The maximum absolute atomic E-state index is 14.0. The van der Waals surface area contributed by atoms with Crippen LogP contribution in [0.4, 0.5) is 11.4 Å². The monoisotopic (exact) mass is 607 g/mol. The van der Waals surface area contributed by atoms with Crippen LogP contribution in [0.25, 0.3) is 0 Å². The number of amides is 2. The van der Waals surface area contributed by atoms with Crippen molar-refractivity contribution in [2.75, 3.05) is 30.1 Å². The minimum Gasteiger partial charge on any atom is -0.497 e. The van der Waals surface area contributed by atoms with Gasteiger partial charge in [-0.3, -0.25) is 14.3 Å². The number of fused-ring (bicyclic) bond motifs is 1. The lowest BCUT2D eigenvalue weighted by molar-refractivity contribution is -0.139. The van der Waals surface area contributed by atoms with E-state index in [1.807, 2.05) is 79.9 Å². The first-order valence-electron chi connectivity index (χ1n) is 15.2. The van der Waals surface area contributed by atoms with E-state index in [-0.39, 0.29) is 25.0 Å². The van der Waals surface area contributed by atoms with Crippen LogP contribution < -0.4 is 14.5 Å². The molecule has 2 aliphatic heterocycles. The standard InChI is InChI=1S/C35H37N5O5/c1-24(9-6-7-17-38-22-31(36-37-38)29(23-41)26-11-4-3-5-12-26)35(44)30-20-28(45-2)14-15-32(30)40(34(35)43)21-25-10-8-13-27(19-25)39-18-16-33(39)42/h3-6,8-15,19-20,22,24,29,41,44H,7,16-18,21,23H2,1-2H3/b9-6+/t24-,29?,35+/m0/s1. The fourth-order valence-electron chi connectivity index (χ4n) is 6.09. The van der Waals surface area contributed by atoms with Gasteiger partial charge in [0.05, 0.1) is 37.6 Å². The second-order valence-corrected chi connectivity index (χ2v) is 11.6. The molecule has 1 unspecified atom stereocenters. The molecule has 4 aromatic rings. The van der Waals surface area contributed by atoms with Gasteiger partial charge in [-0.05, 0) is 47.9 Å². The Bertz CT molecular complexity index is 1720. The first-order chi connectivity index (χ1) is 21.8. The van der Waals surface area contributed by atoms with E-state index < -0.39 is 17.4 Å². The molecule has 232 valence electrons. The third-order valence-corrected chi connectivity index (χ3v) is 8.80. The molecule has 1 fully saturated rings. The molecule has 0 spiro atoms. The Labute approximate surface area is 262 Å². The van der Waals surface area contributed by atoms with Crippen LogP contribution in [-0.4, -0.2) is 57.3 Å². The van der Waals surface area contributed by atoms with Crippen molar-refractivity contribution in [3.63, 3.8) is 0 Å². The van der Waals surface area contributed by atoms with E-state index in [0.717, 1.165) is 16.8 Å². The van der Waals surface area contributed by atoms with Crippen molar-refractivity contribution in [3.8, 4) is 5.75 Å². The van der Waals surface area contributed by atoms with E-state index in [4.69, 9.17) is 4.74 Å². The molecular weight excluding hydrogens is 570 g/mol. The number of carbonyl (C=O) groups is 2. The number of allylic oxidation sites excluding steroid dienone is 1. The smallest absolute Gasteiger partial charge is 0.264 e. The molecule has 2 N–H and O–H groups in total. The zero-order valence-corrected chi connectivity index (χ0v) is 25.4. The average Bonchev–Trinajstić information content (AvgIpc) is 3.60. The van der Waals surface area contributed by atoms with Gasteiger partial charge >= 0.3 is 0 Å². The number of aliphatic hydroxyl groups excluding tert-OH is 1. The van der Waals surface area contributed by atoms with E-state index in [1.165, 1.54) is 0 Å². The Kier molecular flexibility index (Phi) is 8.51. The lowest BCUT2D eigenvalue weighted by Crippen LogP contribution is -2.44. The minimum absolute atomic E-state index is 0.0699. The lowest BCUT2D eigenvalue weighted by atomic mass is 9.83. The number of hydrogen-bond donors (Lipinski definition) is 2. The fraction of sp³-hybridized carbons (Fsp3) is 0.314. The van der Waals surface area contributed by atoms with Crippen molar-refractivity contribution in [2.24, 2.45) is 5.92 Å². The summed E-state index contributed by atoms with van der Waals surface area (Å²) in [5.41, 5.74) is 2.66. The number of ether oxygens (including phenoxy) is 1. The summed E-state index contributed by atoms with van der Waals surface area (Å²) in [5, 5.41) is 30.6. The van der Waals surface area contributed by atoms with Crippen LogP contribution in [0, 0.1) is 5.92 Å². The second kappa shape index (κ2) is 12.7. The molecule has 10 nitrogen and oxygen atoms in total. The number of aromatic nitrogens is 3. The highest BCUT2D eigenvalue weighted by Gasteiger charge is 2.52. The van der Waals surface area contributed by atoms with Gasteiger partial charge in [-0.15, -0.1) is 5.10 Å². The summed E-state index contributed by atoms with van der Waals surface area (Å²) in [5.74, 6) is -0.573. The van der Waals surface area contributed by atoms with Crippen LogP contribution in [0.3, 0.4) is 0 Å². The predicted octanol–water partition coefficient (Wildman–Crippen LogP) is 4.16. The molecule has 1 aromatic heterocycles. The maximum Gasteiger partial charge on any atom is 0.264 e. The van der Waals surface area contributed by atoms with Gasteiger partial charge in [-0.25, -0.2) is 0 Å². The van der Waals surface area contributed by atoms with Crippen LogP contribution >= 0.6 is 0 Å². The molecule has 2 aliphatic rings. The number of carbonyl (C=O) groups excluding carboxylic acids is 2. The molecule has 1 saturated heterocycles. The number of benzene rings is 3. The van der Waals surface area contributed by atoms with Crippen molar-refractivity contribution in [3.05, 3.63) is 114 Å². The Morgan fingerprint density at radius 3 is 2.60 bits per heavy atom. The minimum atomic E-state index is -1.80. The Balaban J connectivity index is 1.17. The molecule has 0 radical (unpaired) electrons. The first kappa shape index (κ1) is 30.2.